The molecule has 0 spiro atoms. The summed E-state index contributed by atoms with van der Waals surface area (Å²) in [6.07, 6.45) is -6.01. The van der Waals surface area contributed by atoms with E-state index in [0.717, 1.165) is 27.1 Å². The van der Waals surface area contributed by atoms with Gasteiger partial charge in [-0.1, -0.05) is 172 Å². The summed E-state index contributed by atoms with van der Waals surface area (Å²) >= 11 is 0. The van der Waals surface area contributed by atoms with Crippen LogP contribution in [0, 0.1) is 0 Å². The molecule has 0 amide bonds. The highest BCUT2D eigenvalue weighted by Gasteiger charge is 2.53. The molecule has 1 heterocycles. The van der Waals surface area contributed by atoms with Crippen LogP contribution in [0.3, 0.4) is 0 Å². The van der Waals surface area contributed by atoms with Gasteiger partial charge in [0, 0.05) is 0 Å². The van der Waals surface area contributed by atoms with E-state index in [0.29, 0.717) is 0 Å². The molecule has 59 heavy (non-hydrogen) atoms. The van der Waals surface area contributed by atoms with Crippen LogP contribution in [0.5, 0.6) is 0 Å². The summed E-state index contributed by atoms with van der Waals surface area (Å²) in [6.45, 7) is 5.65. The normalized spacial score (nSPS) is 20.2. The van der Waals surface area contributed by atoms with E-state index in [1.54, 1.807) is 0 Å². The summed E-state index contributed by atoms with van der Waals surface area (Å²) in [5.74, 6) is -0.658. The van der Waals surface area contributed by atoms with Crippen LogP contribution >= 0.6 is 0 Å². The summed E-state index contributed by atoms with van der Waals surface area (Å²) in [4.78, 5) is 13.8. The smallest absolute Gasteiger partial charge is 0.337 e. The Bertz CT molecular complexity index is 1910. The van der Waals surface area contributed by atoms with Gasteiger partial charge in [-0.3, -0.25) is 0 Å². The van der Waals surface area contributed by atoms with E-state index in [1.807, 2.05) is 127 Å². The van der Waals surface area contributed by atoms with Crippen molar-refractivity contribution in [3.05, 3.63) is 168 Å². The second kappa shape index (κ2) is 21.6. The van der Waals surface area contributed by atoms with E-state index in [1.165, 1.54) is 7.11 Å². The minimum absolute atomic E-state index is 0.165. The van der Waals surface area contributed by atoms with Crippen LogP contribution in [-0.2, 0) is 62.2 Å². The largest absolute Gasteiger partial charge is 0.467 e. The molecule has 0 saturated carbocycles. The monoisotopic (exact) mass is 822 g/mol. The first kappa shape index (κ1) is 44.0. The van der Waals surface area contributed by atoms with Gasteiger partial charge < -0.3 is 37.6 Å². The Kier molecular flexibility index (Phi) is 16.1. The summed E-state index contributed by atoms with van der Waals surface area (Å²) in [7, 11) is -1.82. The molecule has 5 aromatic rings. The number of hydrogen-bond donors (Lipinski definition) is 0. The highest BCUT2D eigenvalue weighted by Crippen LogP contribution is 2.38. The van der Waals surface area contributed by atoms with E-state index in [-0.39, 0.29) is 38.1 Å². The minimum atomic E-state index is -3.13. The first-order valence-electron chi connectivity index (χ1n) is 20.0. The van der Waals surface area contributed by atoms with E-state index >= 15 is 0 Å². The molecule has 0 radical (unpaired) electrons. The van der Waals surface area contributed by atoms with Gasteiger partial charge in [0.1, 0.15) is 24.4 Å². The first-order chi connectivity index (χ1) is 28.7. The molecule has 1 saturated heterocycles. The van der Waals surface area contributed by atoms with Gasteiger partial charge >= 0.3 is 5.97 Å². The Morgan fingerprint density at radius 1 is 0.644 bits per heavy atom. The Labute approximate surface area is 348 Å². The summed E-state index contributed by atoms with van der Waals surface area (Å²) in [6, 6.07) is 49.4. The summed E-state index contributed by atoms with van der Waals surface area (Å²) < 4.78 is 65.1. The predicted octanol–water partition coefficient (Wildman–Crippen LogP) is 7.55. The van der Waals surface area contributed by atoms with Crippen LogP contribution in [0.1, 0.15) is 37.5 Å². The highest BCUT2D eigenvalue weighted by molar-refractivity contribution is 6.99. The van der Waals surface area contributed by atoms with Gasteiger partial charge in [-0.15, -0.1) is 0 Å². The van der Waals surface area contributed by atoms with Crippen LogP contribution in [0.4, 0.5) is 4.39 Å². The number of carbonyl (C=O) groups is 1. The average Bonchev–Trinajstić information content (AvgIpc) is 3.27. The third-order valence-corrected chi connectivity index (χ3v) is 15.4. The summed E-state index contributed by atoms with van der Waals surface area (Å²) in [5.41, 5.74) is 2.74. The fraction of sp³-hybridized carbons (Fsp3) is 0.354. The molecule has 1 aliphatic heterocycles. The summed E-state index contributed by atoms with van der Waals surface area (Å²) in [5, 5.41) is 1.70. The van der Waals surface area contributed by atoms with Gasteiger partial charge in [-0.25, -0.2) is 9.18 Å². The third kappa shape index (κ3) is 11.4. The molecule has 5 aromatic carbocycles. The molecule has 0 aromatic heterocycles. The molecule has 0 aliphatic carbocycles. The van der Waals surface area contributed by atoms with Crippen molar-refractivity contribution in [3.8, 4) is 0 Å². The standard InChI is InChI=1S/C48H55FO9Si/c1-48(2,3)59(39-26-16-8-17-27-39,40-28-18-9-19-29-40)56-34-42(46(50)51-4)58-47-45(55-32-38-24-14-7-15-25-38)44(54-31-37-22-12-6-13-23-37)43(41(57-47)33-52-35-49)53-30-36-20-10-5-11-21-36/h5-29,41-45,47H,30-35H2,1-4H3/t41-,42-,43+,44+,45-,47+/m1/s1. The number of hydrogen-bond acceptors (Lipinski definition) is 9. The Hall–Kier alpha value is -4.56. The fourth-order valence-electron chi connectivity index (χ4n) is 7.57. The van der Waals surface area contributed by atoms with Crippen LogP contribution in [0.25, 0.3) is 0 Å². The maximum atomic E-state index is 13.8. The molecule has 1 fully saturated rings. The Morgan fingerprint density at radius 3 is 1.49 bits per heavy atom. The maximum absolute atomic E-state index is 13.8. The fourth-order valence-corrected chi connectivity index (χ4v) is 12.1. The second-order valence-corrected chi connectivity index (χ2v) is 19.7. The number of carbonyl (C=O) groups excluding carboxylic acids is 1. The lowest BCUT2D eigenvalue weighted by atomic mass is 9.97. The maximum Gasteiger partial charge on any atom is 0.337 e. The van der Waals surface area contributed by atoms with E-state index < -0.39 is 58.0 Å². The average molecular weight is 823 g/mol. The Morgan fingerprint density at radius 2 is 1.07 bits per heavy atom. The first-order valence-corrected chi connectivity index (χ1v) is 21.9. The van der Waals surface area contributed by atoms with E-state index in [9.17, 15) is 9.18 Å². The van der Waals surface area contributed by atoms with E-state index in [2.05, 4.69) is 45.0 Å². The van der Waals surface area contributed by atoms with Crippen molar-refractivity contribution in [1.29, 1.82) is 0 Å². The molecule has 0 unspecified atom stereocenters. The SMILES string of the molecule is COC(=O)[C@@H](CO[Si](c1ccccc1)(c1ccccc1)C(C)(C)C)O[C@@H]1O[C@H](COCF)[C@H](OCc2ccccc2)[C@H](OCc2ccccc2)[C@H]1OCc1ccccc1. The van der Waals surface area contributed by atoms with Crippen molar-refractivity contribution in [2.75, 3.05) is 27.2 Å². The topological polar surface area (TPSA) is 90.9 Å². The van der Waals surface area contributed by atoms with Crippen molar-refractivity contribution >= 4 is 24.7 Å². The lowest BCUT2D eigenvalue weighted by Gasteiger charge is -2.47. The number of benzene rings is 5. The zero-order valence-corrected chi connectivity index (χ0v) is 35.2. The van der Waals surface area contributed by atoms with Gasteiger partial charge in [0.05, 0.1) is 40.1 Å². The van der Waals surface area contributed by atoms with Crippen molar-refractivity contribution in [2.45, 2.75) is 82.4 Å². The molecule has 6 rings (SSSR count). The van der Waals surface area contributed by atoms with Gasteiger partial charge in [-0.05, 0) is 32.1 Å². The number of halogens is 1. The number of rotatable bonds is 20. The lowest BCUT2D eigenvalue weighted by molar-refractivity contribution is -0.336. The molecule has 0 bridgehead atoms. The van der Waals surface area contributed by atoms with Crippen LogP contribution in [0.2, 0.25) is 5.04 Å². The van der Waals surface area contributed by atoms with Crippen molar-refractivity contribution < 1.29 is 46.8 Å². The molecule has 11 heteroatoms. The molecule has 9 nitrogen and oxygen atoms in total. The van der Waals surface area contributed by atoms with Gasteiger partial charge in [0.15, 0.2) is 19.3 Å². The van der Waals surface area contributed by atoms with Crippen molar-refractivity contribution in [1.82, 2.24) is 0 Å². The number of alkyl halides is 1. The second-order valence-electron chi connectivity index (χ2n) is 15.4. The minimum Gasteiger partial charge on any atom is -0.467 e. The van der Waals surface area contributed by atoms with E-state index in [4.69, 9.17) is 37.6 Å². The number of methoxy groups -OCH3 is 1. The quantitative estimate of drug-likeness (QED) is 0.0584. The zero-order valence-electron chi connectivity index (χ0n) is 34.2. The van der Waals surface area contributed by atoms with Crippen LogP contribution in [0.15, 0.2) is 152 Å². The molecule has 0 N–H and O–H groups in total. The van der Waals surface area contributed by atoms with Gasteiger partial charge in [-0.2, -0.15) is 0 Å². The predicted molar refractivity (Wildman–Crippen MR) is 226 cm³/mol. The van der Waals surface area contributed by atoms with Crippen LogP contribution < -0.4 is 10.4 Å². The zero-order chi connectivity index (χ0) is 41.5. The molecule has 1 aliphatic rings. The van der Waals surface area contributed by atoms with Crippen LogP contribution in [-0.4, -0.2) is 78.3 Å². The van der Waals surface area contributed by atoms with Crippen molar-refractivity contribution in [2.24, 2.45) is 0 Å². The van der Waals surface area contributed by atoms with Gasteiger partial charge in [0.25, 0.3) is 8.32 Å². The molecule has 312 valence electrons. The molecular weight excluding hydrogens is 768 g/mol. The van der Waals surface area contributed by atoms with Gasteiger partial charge in [0.2, 0.25) is 0 Å². The van der Waals surface area contributed by atoms with Crippen molar-refractivity contribution in [3.63, 3.8) is 0 Å². The molecule has 6 atom stereocenters. The lowest BCUT2D eigenvalue weighted by Crippen LogP contribution is -2.67. The highest BCUT2D eigenvalue weighted by atomic mass is 28.4. The molecular formula is C48H55FO9Si. The number of esters is 1. The Balaban J connectivity index is 1.38. The third-order valence-electron chi connectivity index (χ3n) is 10.4. The number of ether oxygens (including phenoxy) is 7.